The van der Waals surface area contributed by atoms with Crippen LogP contribution in [0.15, 0.2) is 42.5 Å². The van der Waals surface area contributed by atoms with Crippen molar-refractivity contribution in [2.75, 3.05) is 35.2 Å². The number of ether oxygens (including phenoxy) is 1. The van der Waals surface area contributed by atoms with Gasteiger partial charge in [0.2, 0.25) is 0 Å². The molecule has 0 spiro atoms. The number of carbonyl (C=O) groups is 2. The van der Waals surface area contributed by atoms with Crippen molar-refractivity contribution in [3.63, 3.8) is 0 Å². The topological polar surface area (TPSA) is 79.7 Å². The number of rotatable bonds is 7. The van der Waals surface area contributed by atoms with Crippen molar-refractivity contribution in [1.29, 1.82) is 0 Å². The number of amides is 2. The molecule has 0 radical (unpaired) electrons. The number of benzene rings is 2. The van der Waals surface area contributed by atoms with E-state index in [2.05, 4.69) is 15.3 Å². The molecule has 5 rings (SSSR count). The quantitative estimate of drug-likeness (QED) is 0.354. The van der Waals surface area contributed by atoms with E-state index in [-0.39, 0.29) is 22.9 Å². The Morgan fingerprint density at radius 2 is 1.92 bits per heavy atom. The lowest BCUT2D eigenvalue weighted by Gasteiger charge is -2.29. The molecular formula is C29H33ClFN5O3. The molecule has 1 aliphatic heterocycles. The number of piperidine rings is 1. The minimum atomic E-state index is -2.94. The van der Waals surface area contributed by atoms with Crippen molar-refractivity contribution in [2.45, 2.75) is 46.3 Å². The fourth-order valence-electron chi connectivity index (χ4n) is 5.06. The number of halogens is 2. The Kier molecular flexibility index (Phi) is 6.29. The van der Waals surface area contributed by atoms with Crippen molar-refractivity contribution < 1.29 is 22.8 Å². The highest BCUT2D eigenvalue weighted by Crippen LogP contribution is 2.48. The highest BCUT2D eigenvalue weighted by Gasteiger charge is 2.45. The van der Waals surface area contributed by atoms with E-state index < -0.39 is 30.4 Å². The van der Waals surface area contributed by atoms with Crippen molar-refractivity contribution in [3.8, 4) is 11.3 Å². The SMILES string of the molecule is [2H]C([2H])([2H])N(C(=O)c1c(F)cccc1Cl)c1ccc(-c2cc(NC(=O)OC(C)C)nn2C(C)C)cc1N1CC2CC2C1. The molecule has 1 saturated heterocycles. The minimum absolute atomic E-state index is 0.0807. The van der Waals surface area contributed by atoms with Crippen LogP contribution < -0.4 is 15.1 Å². The molecule has 2 atom stereocenters. The van der Waals surface area contributed by atoms with E-state index in [9.17, 15) is 14.0 Å². The maximum Gasteiger partial charge on any atom is 0.413 e. The van der Waals surface area contributed by atoms with Gasteiger partial charge < -0.3 is 14.5 Å². The van der Waals surface area contributed by atoms with Gasteiger partial charge in [-0.15, -0.1) is 0 Å². The maximum atomic E-state index is 14.8. The Balaban J connectivity index is 1.61. The van der Waals surface area contributed by atoms with E-state index in [1.54, 1.807) is 36.7 Å². The Hall–Kier alpha value is -3.59. The molecule has 2 aliphatic rings. The molecule has 1 N–H and O–H groups in total. The second-order valence-electron chi connectivity index (χ2n) is 10.6. The molecule has 206 valence electrons. The summed E-state index contributed by atoms with van der Waals surface area (Å²) in [6.45, 7) is 5.87. The number of hydrogen-bond donors (Lipinski definition) is 1. The van der Waals surface area contributed by atoms with Gasteiger partial charge >= 0.3 is 6.09 Å². The summed E-state index contributed by atoms with van der Waals surface area (Å²) >= 11 is 6.19. The lowest BCUT2D eigenvalue weighted by atomic mass is 10.1. The number of anilines is 3. The third-order valence-corrected chi connectivity index (χ3v) is 7.32. The van der Waals surface area contributed by atoms with Crippen LogP contribution >= 0.6 is 11.6 Å². The highest BCUT2D eigenvalue weighted by molar-refractivity contribution is 6.34. The molecule has 1 aliphatic carbocycles. The number of hydrogen-bond acceptors (Lipinski definition) is 5. The van der Waals surface area contributed by atoms with Crippen LogP contribution in [-0.4, -0.2) is 48.0 Å². The molecular weight excluding hydrogens is 521 g/mol. The summed E-state index contributed by atoms with van der Waals surface area (Å²) in [5.41, 5.74) is 1.52. The van der Waals surface area contributed by atoms with Crippen molar-refractivity contribution >= 4 is 40.8 Å². The zero-order valence-corrected chi connectivity index (χ0v) is 23.0. The molecule has 2 fully saturated rings. The lowest BCUT2D eigenvalue weighted by molar-refractivity contribution is 0.0989. The molecule has 1 saturated carbocycles. The predicted molar refractivity (Wildman–Crippen MR) is 151 cm³/mol. The third kappa shape index (κ3) is 5.45. The van der Waals surface area contributed by atoms with Crippen LogP contribution in [0.25, 0.3) is 11.3 Å². The normalized spacial score (nSPS) is 19.4. The monoisotopic (exact) mass is 556 g/mol. The van der Waals surface area contributed by atoms with Gasteiger partial charge in [-0.2, -0.15) is 5.10 Å². The Morgan fingerprint density at radius 1 is 1.18 bits per heavy atom. The van der Waals surface area contributed by atoms with Gasteiger partial charge in [-0.05, 0) is 70.2 Å². The number of nitrogens with one attached hydrogen (secondary N) is 1. The zero-order valence-electron chi connectivity index (χ0n) is 25.2. The maximum absolute atomic E-state index is 14.8. The van der Waals surface area contributed by atoms with E-state index in [4.69, 9.17) is 20.5 Å². The Bertz CT molecular complexity index is 1500. The summed E-state index contributed by atoms with van der Waals surface area (Å²) in [6, 6.07) is 10.5. The number of aromatic nitrogens is 2. The first-order valence-corrected chi connectivity index (χ1v) is 13.4. The minimum Gasteiger partial charge on any atom is -0.447 e. The first-order valence-electron chi connectivity index (χ1n) is 14.5. The van der Waals surface area contributed by atoms with Crippen LogP contribution in [0.1, 0.15) is 54.6 Å². The van der Waals surface area contributed by atoms with Crippen LogP contribution in [-0.2, 0) is 4.74 Å². The van der Waals surface area contributed by atoms with Gasteiger partial charge in [0.1, 0.15) is 5.82 Å². The smallest absolute Gasteiger partial charge is 0.413 e. The van der Waals surface area contributed by atoms with Gasteiger partial charge in [0.05, 0.1) is 33.8 Å². The molecule has 8 nitrogen and oxygen atoms in total. The van der Waals surface area contributed by atoms with Crippen LogP contribution in [0.2, 0.25) is 5.02 Å². The standard InChI is InChI=1S/C29H33ClFN5O3/c1-16(2)36-24(13-26(33-36)32-29(38)39-17(3)4)18-9-10-23(25(12-18)35-14-19-11-20(19)15-35)34(5)28(37)27-21(30)7-6-8-22(27)31/h6-10,12-13,16-17,19-20H,11,14-15H2,1-5H3,(H,32,33,38)/i5D3. The van der Waals surface area contributed by atoms with Crippen LogP contribution in [0.3, 0.4) is 0 Å². The average molecular weight is 557 g/mol. The second-order valence-corrected chi connectivity index (χ2v) is 11.0. The second kappa shape index (κ2) is 10.5. The predicted octanol–water partition coefficient (Wildman–Crippen LogP) is 6.61. The number of nitrogens with zero attached hydrogens (tertiary/aromatic N) is 4. The Labute approximate surface area is 236 Å². The van der Waals surface area contributed by atoms with Gasteiger partial charge in [0.25, 0.3) is 5.91 Å². The molecule has 2 heterocycles. The summed E-state index contributed by atoms with van der Waals surface area (Å²) in [5.74, 6) is -0.657. The van der Waals surface area contributed by atoms with E-state index in [1.807, 2.05) is 19.9 Å². The molecule has 39 heavy (non-hydrogen) atoms. The summed E-state index contributed by atoms with van der Waals surface area (Å²) in [6.07, 6.45) is 0.178. The molecule has 3 aromatic rings. The molecule has 10 heteroatoms. The number of carbonyl (C=O) groups excluding carboxylic acids is 2. The van der Waals surface area contributed by atoms with Gasteiger partial charge in [0, 0.05) is 41.8 Å². The van der Waals surface area contributed by atoms with E-state index in [1.165, 1.54) is 12.1 Å². The van der Waals surface area contributed by atoms with Crippen LogP contribution in [0.5, 0.6) is 0 Å². The van der Waals surface area contributed by atoms with Crippen molar-refractivity contribution in [3.05, 3.63) is 58.9 Å². The van der Waals surface area contributed by atoms with Gasteiger partial charge in [0.15, 0.2) is 5.82 Å². The molecule has 2 amide bonds. The Morgan fingerprint density at radius 3 is 2.56 bits per heavy atom. The molecule has 0 bridgehead atoms. The van der Waals surface area contributed by atoms with Crippen LogP contribution in [0.4, 0.5) is 26.4 Å². The van der Waals surface area contributed by atoms with E-state index in [0.717, 1.165) is 12.5 Å². The van der Waals surface area contributed by atoms with E-state index >= 15 is 0 Å². The van der Waals surface area contributed by atoms with Crippen molar-refractivity contribution in [2.24, 2.45) is 11.8 Å². The molecule has 1 aromatic heterocycles. The van der Waals surface area contributed by atoms with E-state index in [0.29, 0.717) is 52.6 Å². The fraction of sp³-hybridized carbons (Fsp3) is 0.414. The fourth-order valence-corrected chi connectivity index (χ4v) is 5.30. The summed E-state index contributed by atoms with van der Waals surface area (Å²) in [4.78, 5) is 28.7. The first-order chi connectivity index (χ1) is 19.7. The lowest BCUT2D eigenvalue weighted by Crippen LogP contribution is -2.31. The van der Waals surface area contributed by atoms with Gasteiger partial charge in [-0.1, -0.05) is 23.7 Å². The average Bonchev–Trinajstić information content (AvgIpc) is 3.26. The number of fused-ring (bicyclic) bond motifs is 1. The summed E-state index contributed by atoms with van der Waals surface area (Å²) < 4.78 is 46.6. The summed E-state index contributed by atoms with van der Waals surface area (Å²) in [5, 5.41) is 7.02. The molecule has 2 unspecified atom stereocenters. The third-order valence-electron chi connectivity index (χ3n) is 7.01. The highest BCUT2D eigenvalue weighted by atomic mass is 35.5. The first kappa shape index (κ1) is 23.3. The van der Waals surface area contributed by atoms with Gasteiger partial charge in [-0.3, -0.25) is 14.8 Å². The van der Waals surface area contributed by atoms with Crippen molar-refractivity contribution in [1.82, 2.24) is 9.78 Å². The van der Waals surface area contributed by atoms with Gasteiger partial charge in [-0.25, -0.2) is 9.18 Å². The molecule has 2 aromatic carbocycles. The summed E-state index contributed by atoms with van der Waals surface area (Å²) in [7, 11) is 0. The van der Waals surface area contributed by atoms with Crippen LogP contribution in [0, 0.1) is 17.7 Å². The zero-order chi connectivity index (χ0) is 30.5. The largest absolute Gasteiger partial charge is 0.447 e.